The van der Waals surface area contributed by atoms with Crippen LogP contribution in [0.15, 0.2) is 18.2 Å². The largest absolute Gasteiger partial charge is 0.408 e. The van der Waals surface area contributed by atoms with Gasteiger partial charge in [0.2, 0.25) is 0 Å². The van der Waals surface area contributed by atoms with E-state index in [1.165, 1.54) is 17.0 Å². The van der Waals surface area contributed by atoms with Crippen LogP contribution in [0.4, 0.5) is 17.6 Å². The highest BCUT2D eigenvalue weighted by Gasteiger charge is 2.46. The minimum Gasteiger partial charge on any atom is -0.314 e. The van der Waals surface area contributed by atoms with E-state index in [0.717, 1.165) is 6.07 Å². The molecule has 1 aliphatic rings. The zero-order valence-corrected chi connectivity index (χ0v) is 10.7. The third-order valence-corrected chi connectivity index (χ3v) is 3.50. The maximum atomic E-state index is 13.4. The van der Waals surface area contributed by atoms with Gasteiger partial charge in [0, 0.05) is 26.2 Å². The molecule has 2 rings (SSSR count). The number of hydrogen-bond donors (Lipinski definition) is 1. The van der Waals surface area contributed by atoms with E-state index in [1.54, 1.807) is 0 Å². The second-order valence-corrected chi connectivity index (χ2v) is 4.75. The number of nitrogens with zero attached hydrogens (tertiary/aromatic N) is 1. The summed E-state index contributed by atoms with van der Waals surface area (Å²) in [5.41, 5.74) is -0.226. The summed E-state index contributed by atoms with van der Waals surface area (Å²) < 4.78 is 53.1. The quantitative estimate of drug-likeness (QED) is 0.844. The molecule has 1 N–H and O–H groups in total. The van der Waals surface area contributed by atoms with Crippen molar-refractivity contribution in [3.63, 3.8) is 0 Å². The summed E-state index contributed by atoms with van der Waals surface area (Å²) in [6.45, 7) is 1.44. The molecule has 0 amide bonds. The fourth-order valence-corrected chi connectivity index (χ4v) is 2.48. The standard InChI is InChI=1S/C12H13ClF4N2/c13-10-8(2-1-3-9(10)14)11(12(15,16)17)19-6-4-18-5-7-19/h1-3,11,18H,4-7H2/t11-/m1/s1. The Kier molecular flexibility index (Phi) is 4.32. The third-order valence-electron chi connectivity index (χ3n) is 3.10. The predicted octanol–water partition coefficient (Wildman–Crippen LogP) is 2.99. The van der Waals surface area contributed by atoms with Crippen molar-refractivity contribution in [2.24, 2.45) is 0 Å². The van der Waals surface area contributed by atoms with Gasteiger partial charge in [-0.25, -0.2) is 4.39 Å². The Hall–Kier alpha value is -0.850. The summed E-state index contributed by atoms with van der Waals surface area (Å²) >= 11 is 5.70. The lowest BCUT2D eigenvalue weighted by Gasteiger charge is -2.36. The van der Waals surface area contributed by atoms with Gasteiger partial charge in [-0.05, 0) is 11.6 Å². The van der Waals surface area contributed by atoms with E-state index >= 15 is 0 Å². The first kappa shape index (κ1) is 14.6. The van der Waals surface area contributed by atoms with Gasteiger partial charge in [0.05, 0.1) is 5.02 Å². The van der Waals surface area contributed by atoms with Crippen LogP contribution in [0.25, 0.3) is 0 Å². The van der Waals surface area contributed by atoms with Crippen molar-refractivity contribution in [1.29, 1.82) is 0 Å². The number of rotatable bonds is 2. The second kappa shape index (κ2) is 5.64. The minimum absolute atomic E-state index is 0.226. The van der Waals surface area contributed by atoms with E-state index in [1.807, 2.05) is 0 Å². The van der Waals surface area contributed by atoms with Crippen LogP contribution in [0.1, 0.15) is 11.6 Å². The van der Waals surface area contributed by atoms with Gasteiger partial charge in [0.25, 0.3) is 0 Å². The molecule has 0 saturated carbocycles. The number of halogens is 5. The molecule has 1 aliphatic heterocycles. The van der Waals surface area contributed by atoms with Crippen molar-refractivity contribution in [1.82, 2.24) is 10.2 Å². The van der Waals surface area contributed by atoms with E-state index in [9.17, 15) is 17.6 Å². The van der Waals surface area contributed by atoms with Crippen LogP contribution in [0.3, 0.4) is 0 Å². The monoisotopic (exact) mass is 296 g/mol. The molecule has 0 bridgehead atoms. The molecule has 0 radical (unpaired) electrons. The van der Waals surface area contributed by atoms with Crippen LogP contribution < -0.4 is 5.32 Å². The second-order valence-electron chi connectivity index (χ2n) is 4.37. The van der Waals surface area contributed by atoms with Crippen molar-refractivity contribution in [2.75, 3.05) is 26.2 Å². The van der Waals surface area contributed by atoms with Gasteiger partial charge < -0.3 is 5.32 Å². The molecule has 1 heterocycles. The first-order chi connectivity index (χ1) is 8.91. The summed E-state index contributed by atoms with van der Waals surface area (Å²) in [4.78, 5) is 1.27. The highest BCUT2D eigenvalue weighted by atomic mass is 35.5. The number of piperazine rings is 1. The lowest BCUT2D eigenvalue weighted by atomic mass is 10.0. The Bertz CT molecular complexity index is 444. The fraction of sp³-hybridized carbons (Fsp3) is 0.500. The van der Waals surface area contributed by atoms with Crippen LogP contribution >= 0.6 is 11.6 Å². The molecular formula is C12H13ClF4N2. The van der Waals surface area contributed by atoms with Gasteiger partial charge in [0.15, 0.2) is 0 Å². The molecular weight excluding hydrogens is 284 g/mol. The van der Waals surface area contributed by atoms with Crippen molar-refractivity contribution in [3.8, 4) is 0 Å². The molecule has 1 aromatic rings. The third kappa shape index (κ3) is 3.19. The number of benzene rings is 1. The average molecular weight is 297 g/mol. The molecule has 1 fully saturated rings. The lowest BCUT2D eigenvalue weighted by molar-refractivity contribution is -0.187. The average Bonchev–Trinajstić information content (AvgIpc) is 2.35. The zero-order valence-electron chi connectivity index (χ0n) is 9.97. The number of alkyl halides is 3. The lowest BCUT2D eigenvalue weighted by Crippen LogP contribution is -2.49. The molecule has 2 nitrogen and oxygen atoms in total. The van der Waals surface area contributed by atoms with Gasteiger partial charge in [-0.15, -0.1) is 0 Å². The summed E-state index contributed by atoms with van der Waals surface area (Å²) in [7, 11) is 0. The molecule has 0 unspecified atom stereocenters. The molecule has 1 atom stereocenters. The molecule has 0 aliphatic carbocycles. The summed E-state index contributed by atoms with van der Waals surface area (Å²) in [5, 5.41) is 2.53. The van der Waals surface area contributed by atoms with E-state index in [-0.39, 0.29) is 18.7 Å². The molecule has 1 saturated heterocycles. The SMILES string of the molecule is Fc1cccc([C@@H](N2CCNCC2)C(F)(F)F)c1Cl. The molecule has 7 heteroatoms. The van der Waals surface area contributed by atoms with Crippen molar-refractivity contribution in [2.45, 2.75) is 12.2 Å². The first-order valence-electron chi connectivity index (χ1n) is 5.86. The van der Waals surface area contributed by atoms with Crippen molar-refractivity contribution >= 4 is 11.6 Å². The van der Waals surface area contributed by atoms with Gasteiger partial charge in [0.1, 0.15) is 11.9 Å². The van der Waals surface area contributed by atoms with Crippen LogP contribution in [0.5, 0.6) is 0 Å². The zero-order chi connectivity index (χ0) is 14.0. The Balaban J connectivity index is 2.40. The van der Waals surface area contributed by atoms with E-state index in [2.05, 4.69) is 5.32 Å². The summed E-state index contributed by atoms with van der Waals surface area (Å²) in [5.74, 6) is -0.830. The minimum atomic E-state index is -4.49. The predicted molar refractivity (Wildman–Crippen MR) is 64.6 cm³/mol. The van der Waals surface area contributed by atoms with Crippen LogP contribution in [-0.2, 0) is 0 Å². The number of hydrogen-bond acceptors (Lipinski definition) is 2. The van der Waals surface area contributed by atoms with Crippen LogP contribution in [0.2, 0.25) is 5.02 Å². The van der Waals surface area contributed by atoms with Gasteiger partial charge in [-0.2, -0.15) is 13.2 Å². The smallest absolute Gasteiger partial charge is 0.314 e. The summed E-state index contributed by atoms with van der Waals surface area (Å²) in [6, 6.07) is 1.66. The number of nitrogens with one attached hydrogen (secondary N) is 1. The first-order valence-corrected chi connectivity index (χ1v) is 6.24. The Labute approximate surface area is 113 Å². The van der Waals surface area contributed by atoms with E-state index < -0.39 is 23.1 Å². The normalized spacial score (nSPS) is 19.4. The summed E-state index contributed by atoms with van der Waals surface area (Å²) in [6.07, 6.45) is -4.49. The molecule has 1 aromatic carbocycles. The van der Waals surface area contributed by atoms with Gasteiger partial charge >= 0.3 is 6.18 Å². The topological polar surface area (TPSA) is 15.3 Å². The Morgan fingerprint density at radius 3 is 2.42 bits per heavy atom. The van der Waals surface area contributed by atoms with Gasteiger partial charge in [-0.1, -0.05) is 23.7 Å². The maximum Gasteiger partial charge on any atom is 0.408 e. The van der Waals surface area contributed by atoms with E-state index in [4.69, 9.17) is 11.6 Å². The molecule has 0 spiro atoms. The fourth-order valence-electron chi connectivity index (χ4n) is 2.25. The Morgan fingerprint density at radius 1 is 1.21 bits per heavy atom. The highest BCUT2D eigenvalue weighted by molar-refractivity contribution is 6.31. The molecule has 106 valence electrons. The van der Waals surface area contributed by atoms with Crippen molar-refractivity contribution in [3.05, 3.63) is 34.6 Å². The van der Waals surface area contributed by atoms with Crippen LogP contribution in [0, 0.1) is 5.82 Å². The van der Waals surface area contributed by atoms with E-state index in [0.29, 0.717) is 13.1 Å². The maximum absolute atomic E-state index is 13.4. The highest BCUT2D eigenvalue weighted by Crippen LogP contribution is 2.41. The molecule has 0 aromatic heterocycles. The van der Waals surface area contributed by atoms with Crippen molar-refractivity contribution < 1.29 is 17.6 Å². The van der Waals surface area contributed by atoms with Crippen LogP contribution in [-0.4, -0.2) is 37.3 Å². The molecule has 19 heavy (non-hydrogen) atoms. The van der Waals surface area contributed by atoms with Gasteiger partial charge in [-0.3, -0.25) is 4.90 Å². The Morgan fingerprint density at radius 2 is 1.84 bits per heavy atom.